The maximum atomic E-state index is 14.0. The summed E-state index contributed by atoms with van der Waals surface area (Å²) in [5.74, 6) is -0.301. The number of aliphatic hydroxyl groups excluding tert-OH is 1. The summed E-state index contributed by atoms with van der Waals surface area (Å²) >= 11 is 0. The summed E-state index contributed by atoms with van der Waals surface area (Å²) in [7, 11) is 1.40. The van der Waals surface area contributed by atoms with E-state index in [9.17, 15) is 9.50 Å². The quantitative estimate of drug-likeness (QED) is 0.737. The number of hydrogen-bond acceptors (Lipinski definition) is 4. The molecule has 1 unspecified atom stereocenters. The van der Waals surface area contributed by atoms with E-state index in [1.54, 1.807) is 12.1 Å². The molecular weight excluding hydrogens is 251 g/mol. The van der Waals surface area contributed by atoms with Crippen molar-refractivity contribution in [2.75, 3.05) is 20.3 Å². The molecule has 0 radical (unpaired) electrons. The molecule has 19 heavy (non-hydrogen) atoms. The lowest BCUT2D eigenvalue weighted by Gasteiger charge is -2.22. The molecule has 0 aliphatic carbocycles. The highest BCUT2D eigenvalue weighted by Crippen LogP contribution is 2.22. The van der Waals surface area contributed by atoms with E-state index in [2.05, 4.69) is 0 Å². The Kier molecular flexibility index (Phi) is 6.77. The Hall–Kier alpha value is -1.17. The summed E-state index contributed by atoms with van der Waals surface area (Å²) < 4.78 is 29.4. The predicted molar refractivity (Wildman–Crippen MR) is 69.7 cm³/mol. The molecule has 1 N–H and O–H groups in total. The standard InChI is InChI=1S/C14H21FO4/c1-4-18-14(19-5-2)11(16)9-10-7-6-8-12(17-3)13(10)15/h6-8,11,14,16H,4-5,9H2,1-3H3. The first-order valence-electron chi connectivity index (χ1n) is 6.36. The van der Waals surface area contributed by atoms with Crippen LogP contribution in [0.25, 0.3) is 0 Å². The third-order valence-corrected chi connectivity index (χ3v) is 2.67. The van der Waals surface area contributed by atoms with Crippen LogP contribution in [0.4, 0.5) is 4.39 Å². The van der Waals surface area contributed by atoms with Gasteiger partial charge in [-0.05, 0) is 25.5 Å². The fourth-order valence-corrected chi connectivity index (χ4v) is 1.79. The van der Waals surface area contributed by atoms with E-state index in [-0.39, 0.29) is 12.2 Å². The van der Waals surface area contributed by atoms with E-state index in [0.29, 0.717) is 18.8 Å². The molecule has 0 saturated carbocycles. The number of rotatable bonds is 8. The van der Waals surface area contributed by atoms with Crippen molar-refractivity contribution in [3.05, 3.63) is 29.6 Å². The monoisotopic (exact) mass is 272 g/mol. The molecule has 0 heterocycles. The number of ether oxygens (including phenoxy) is 3. The minimum Gasteiger partial charge on any atom is -0.494 e. The van der Waals surface area contributed by atoms with Crippen molar-refractivity contribution in [3.8, 4) is 5.75 Å². The normalized spacial score (nSPS) is 12.7. The van der Waals surface area contributed by atoms with Gasteiger partial charge in [-0.3, -0.25) is 0 Å². The number of hydrogen-bond donors (Lipinski definition) is 1. The zero-order valence-electron chi connectivity index (χ0n) is 11.6. The molecule has 0 saturated heterocycles. The van der Waals surface area contributed by atoms with Gasteiger partial charge in [0.1, 0.15) is 6.10 Å². The molecule has 0 aliphatic heterocycles. The zero-order chi connectivity index (χ0) is 14.3. The van der Waals surface area contributed by atoms with Crippen LogP contribution < -0.4 is 4.74 Å². The third kappa shape index (κ3) is 4.45. The van der Waals surface area contributed by atoms with Gasteiger partial charge < -0.3 is 19.3 Å². The first kappa shape index (κ1) is 15.9. The second kappa shape index (κ2) is 8.09. The van der Waals surface area contributed by atoms with Crippen LogP contribution in [-0.4, -0.2) is 37.8 Å². The number of methoxy groups -OCH3 is 1. The topological polar surface area (TPSA) is 47.9 Å². The van der Waals surface area contributed by atoms with E-state index in [1.165, 1.54) is 13.2 Å². The van der Waals surface area contributed by atoms with Crippen molar-refractivity contribution in [1.82, 2.24) is 0 Å². The molecule has 0 amide bonds. The molecule has 5 heteroatoms. The maximum absolute atomic E-state index is 14.0. The Morgan fingerprint density at radius 1 is 1.21 bits per heavy atom. The van der Waals surface area contributed by atoms with Gasteiger partial charge >= 0.3 is 0 Å². The van der Waals surface area contributed by atoms with Crippen LogP contribution in [-0.2, 0) is 15.9 Å². The van der Waals surface area contributed by atoms with Gasteiger partial charge in [0.05, 0.1) is 7.11 Å². The van der Waals surface area contributed by atoms with Gasteiger partial charge in [-0.25, -0.2) is 4.39 Å². The molecule has 0 fully saturated rings. The Bertz CT molecular complexity index is 378. The minimum absolute atomic E-state index is 0.105. The summed E-state index contributed by atoms with van der Waals surface area (Å²) in [4.78, 5) is 0. The van der Waals surface area contributed by atoms with Crippen molar-refractivity contribution in [1.29, 1.82) is 0 Å². The average molecular weight is 272 g/mol. The molecule has 4 nitrogen and oxygen atoms in total. The van der Waals surface area contributed by atoms with E-state index in [1.807, 2.05) is 13.8 Å². The second-order valence-corrected chi connectivity index (χ2v) is 3.98. The number of halogens is 1. The Morgan fingerprint density at radius 3 is 2.37 bits per heavy atom. The molecule has 1 rings (SSSR count). The zero-order valence-corrected chi connectivity index (χ0v) is 11.6. The maximum Gasteiger partial charge on any atom is 0.183 e. The van der Waals surface area contributed by atoms with Crippen molar-refractivity contribution in [2.24, 2.45) is 0 Å². The van der Waals surface area contributed by atoms with Gasteiger partial charge in [-0.1, -0.05) is 12.1 Å². The van der Waals surface area contributed by atoms with Crippen molar-refractivity contribution >= 4 is 0 Å². The number of aliphatic hydroxyl groups is 1. The highest BCUT2D eigenvalue weighted by molar-refractivity contribution is 5.31. The Morgan fingerprint density at radius 2 is 1.84 bits per heavy atom. The molecule has 1 aromatic carbocycles. The first-order valence-corrected chi connectivity index (χ1v) is 6.36. The second-order valence-electron chi connectivity index (χ2n) is 3.98. The summed E-state index contributed by atoms with van der Waals surface area (Å²) in [6.07, 6.45) is -1.57. The summed E-state index contributed by atoms with van der Waals surface area (Å²) in [5.41, 5.74) is 0.372. The molecular formula is C14H21FO4. The largest absolute Gasteiger partial charge is 0.494 e. The van der Waals surface area contributed by atoms with Crippen molar-refractivity contribution in [2.45, 2.75) is 32.7 Å². The van der Waals surface area contributed by atoms with E-state index in [0.717, 1.165) is 0 Å². The average Bonchev–Trinajstić information content (AvgIpc) is 2.41. The highest BCUT2D eigenvalue weighted by atomic mass is 19.1. The van der Waals surface area contributed by atoms with Gasteiger partial charge in [-0.15, -0.1) is 0 Å². The number of benzene rings is 1. The van der Waals surface area contributed by atoms with E-state index in [4.69, 9.17) is 14.2 Å². The van der Waals surface area contributed by atoms with Crippen LogP contribution in [0, 0.1) is 5.82 Å². The highest BCUT2D eigenvalue weighted by Gasteiger charge is 2.22. The van der Waals surface area contributed by atoms with Crippen LogP contribution in [0.5, 0.6) is 5.75 Å². The third-order valence-electron chi connectivity index (χ3n) is 2.67. The first-order chi connectivity index (χ1) is 9.13. The molecule has 0 aliphatic rings. The van der Waals surface area contributed by atoms with Crippen LogP contribution in [0.2, 0.25) is 0 Å². The van der Waals surface area contributed by atoms with Crippen LogP contribution >= 0.6 is 0 Å². The molecule has 0 bridgehead atoms. The predicted octanol–water partition coefficient (Wildman–Crippen LogP) is 2.14. The summed E-state index contributed by atoms with van der Waals surface area (Å²) in [5, 5.41) is 10.1. The van der Waals surface area contributed by atoms with Crippen LogP contribution in [0.15, 0.2) is 18.2 Å². The molecule has 1 atom stereocenters. The van der Waals surface area contributed by atoms with Crippen molar-refractivity contribution in [3.63, 3.8) is 0 Å². The summed E-state index contributed by atoms with van der Waals surface area (Å²) in [6, 6.07) is 4.82. The minimum atomic E-state index is -0.929. The van der Waals surface area contributed by atoms with E-state index >= 15 is 0 Å². The lowest BCUT2D eigenvalue weighted by atomic mass is 10.1. The lowest BCUT2D eigenvalue weighted by molar-refractivity contribution is -0.188. The smallest absolute Gasteiger partial charge is 0.183 e. The Balaban J connectivity index is 2.77. The van der Waals surface area contributed by atoms with Gasteiger partial charge in [0.2, 0.25) is 0 Å². The van der Waals surface area contributed by atoms with Crippen LogP contribution in [0.1, 0.15) is 19.4 Å². The SMILES string of the molecule is CCOC(OCC)C(O)Cc1cccc(OC)c1F. The fraction of sp³-hybridized carbons (Fsp3) is 0.571. The summed E-state index contributed by atoms with van der Waals surface area (Å²) in [6.45, 7) is 4.46. The Labute approximate surface area is 113 Å². The van der Waals surface area contributed by atoms with Gasteiger partial charge in [0.15, 0.2) is 17.9 Å². The van der Waals surface area contributed by atoms with E-state index < -0.39 is 18.2 Å². The molecule has 0 spiro atoms. The van der Waals surface area contributed by atoms with Crippen molar-refractivity contribution < 1.29 is 23.7 Å². The molecule has 1 aromatic rings. The van der Waals surface area contributed by atoms with Crippen LogP contribution in [0.3, 0.4) is 0 Å². The fourth-order valence-electron chi connectivity index (χ4n) is 1.79. The van der Waals surface area contributed by atoms with Gasteiger partial charge in [0, 0.05) is 19.6 Å². The lowest BCUT2D eigenvalue weighted by Crippen LogP contribution is -2.33. The molecule has 108 valence electrons. The van der Waals surface area contributed by atoms with Gasteiger partial charge in [0.25, 0.3) is 0 Å². The molecule has 0 aromatic heterocycles. The van der Waals surface area contributed by atoms with Gasteiger partial charge in [-0.2, -0.15) is 0 Å².